The number of nitrogens with one attached hydrogen (secondary N) is 1. The van der Waals surface area contributed by atoms with Gasteiger partial charge in [-0.05, 0) is 39.0 Å². The van der Waals surface area contributed by atoms with E-state index in [0.29, 0.717) is 0 Å². The van der Waals surface area contributed by atoms with Crippen molar-refractivity contribution in [1.82, 2.24) is 0 Å². The Kier molecular flexibility index (Phi) is 4.35. The molecule has 0 radical (unpaired) electrons. The molecule has 0 saturated carbocycles. The van der Waals surface area contributed by atoms with Crippen molar-refractivity contribution in [1.29, 1.82) is 0 Å². The van der Waals surface area contributed by atoms with E-state index >= 15 is 0 Å². The second kappa shape index (κ2) is 5.28. The Bertz CT molecular complexity index is 481. The SMILES string of the molecule is CC(C)(C)OC(=O)Nc1cc(C(F)(F)F)ccc1Cl. The number of halogens is 4. The van der Waals surface area contributed by atoms with Gasteiger partial charge in [-0.15, -0.1) is 0 Å². The zero-order valence-corrected chi connectivity index (χ0v) is 11.3. The highest BCUT2D eigenvalue weighted by Crippen LogP contribution is 2.33. The van der Waals surface area contributed by atoms with Crippen LogP contribution in [-0.4, -0.2) is 11.7 Å². The lowest BCUT2D eigenvalue weighted by Crippen LogP contribution is -2.27. The van der Waals surface area contributed by atoms with E-state index in [2.05, 4.69) is 5.32 Å². The van der Waals surface area contributed by atoms with Crippen LogP contribution in [0.4, 0.5) is 23.7 Å². The molecule has 1 amide bonds. The van der Waals surface area contributed by atoms with Crippen LogP contribution in [0.25, 0.3) is 0 Å². The van der Waals surface area contributed by atoms with Crippen molar-refractivity contribution in [2.45, 2.75) is 32.5 Å². The molecule has 0 spiro atoms. The normalized spacial score (nSPS) is 12.2. The van der Waals surface area contributed by atoms with Gasteiger partial charge in [0.15, 0.2) is 0 Å². The van der Waals surface area contributed by atoms with E-state index in [-0.39, 0.29) is 10.7 Å². The lowest BCUT2D eigenvalue weighted by molar-refractivity contribution is -0.137. The Morgan fingerprint density at radius 2 is 1.84 bits per heavy atom. The molecule has 106 valence electrons. The topological polar surface area (TPSA) is 38.3 Å². The maximum Gasteiger partial charge on any atom is 0.416 e. The fraction of sp³-hybridized carbons (Fsp3) is 0.417. The van der Waals surface area contributed by atoms with E-state index in [1.54, 1.807) is 20.8 Å². The number of amides is 1. The van der Waals surface area contributed by atoms with Gasteiger partial charge in [-0.3, -0.25) is 5.32 Å². The van der Waals surface area contributed by atoms with Crippen LogP contribution in [0.2, 0.25) is 5.02 Å². The summed E-state index contributed by atoms with van der Waals surface area (Å²) < 4.78 is 42.5. The second-order valence-electron chi connectivity index (χ2n) is 4.82. The Morgan fingerprint density at radius 3 is 2.32 bits per heavy atom. The first kappa shape index (κ1) is 15.6. The highest BCUT2D eigenvalue weighted by Gasteiger charge is 2.31. The molecule has 3 nitrogen and oxygen atoms in total. The fourth-order valence-electron chi connectivity index (χ4n) is 1.21. The lowest BCUT2D eigenvalue weighted by atomic mass is 10.2. The minimum atomic E-state index is -4.51. The number of rotatable bonds is 1. The van der Waals surface area contributed by atoms with Crippen molar-refractivity contribution >= 4 is 23.4 Å². The largest absolute Gasteiger partial charge is 0.444 e. The number of benzene rings is 1. The molecule has 0 aliphatic heterocycles. The Labute approximate surface area is 113 Å². The fourth-order valence-corrected chi connectivity index (χ4v) is 1.38. The minimum absolute atomic E-state index is 0.00106. The van der Waals surface area contributed by atoms with Crippen molar-refractivity contribution in [3.05, 3.63) is 28.8 Å². The van der Waals surface area contributed by atoms with Gasteiger partial charge in [0.05, 0.1) is 16.3 Å². The molecule has 0 aliphatic rings. The van der Waals surface area contributed by atoms with Gasteiger partial charge in [-0.25, -0.2) is 4.79 Å². The molecule has 19 heavy (non-hydrogen) atoms. The van der Waals surface area contributed by atoms with Crippen LogP contribution in [0.3, 0.4) is 0 Å². The summed E-state index contributed by atoms with van der Waals surface area (Å²) >= 11 is 5.72. The standard InChI is InChI=1S/C12H13ClF3NO2/c1-11(2,3)19-10(18)17-9-6-7(12(14,15)16)4-5-8(9)13/h4-6H,1-3H3,(H,17,18). The summed E-state index contributed by atoms with van der Waals surface area (Å²) in [4.78, 5) is 11.5. The quantitative estimate of drug-likeness (QED) is 0.815. The van der Waals surface area contributed by atoms with Gasteiger partial charge in [0.2, 0.25) is 0 Å². The predicted octanol–water partition coefficient (Wildman–Crippen LogP) is 4.71. The number of anilines is 1. The molecule has 1 aromatic carbocycles. The molecule has 1 aromatic rings. The molecule has 0 heterocycles. The first-order chi connectivity index (χ1) is 8.49. The zero-order valence-electron chi connectivity index (χ0n) is 10.6. The Morgan fingerprint density at radius 1 is 1.26 bits per heavy atom. The molecule has 1 N–H and O–H groups in total. The third kappa shape index (κ3) is 4.98. The second-order valence-corrected chi connectivity index (χ2v) is 5.23. The molecule has 1 rings (SSSR count). The van der Waals surface area contributed by atoms with E-state index in [1.165, 1.54) is 0 Å². The van der Waals surface area contributed by atoms with E-state index in [4.69, 9.17) is 16.3 Å². The molecule has 0 aromatic heterocycles. The van der Waals surface area contributed by atoms with Gasteiger partial charge in [0.25, 0.3) is 0 Å². The highest BCUT2D eigenvalue weighted by atomic mass is 35.5. The number of hydrogen-bond donors (Lipinski definition) is 1. The van der Waals surface area contributed by atoms with E-state index in [1.807, 2.05) is 0 Å². The van der Waals surface area contributed by atoms with Gasteiger partial charge in [0, 0.05) is 0 Å². The van der Waals surface area contributed by atoms with Crippen LogP contribution in [0.15, 0.2) is 18.2 Å². The maximum absolute atomic E-state index is 12.5. The van der Waals surface area contributed by atoms with Crippen LogP contribution in [0.1, 0.15) is 26.3 Å². The molecule has 7 heteroatoms. The van der Waals surface area contributed by atoms with Crippen LogP contribution in [0.5, 0.6) is 0 Å². The van der Waals surface area contributed by atoms with Crippen molar-refractivity contribution in [2.24, 2.45) is 0 Å². The number of carbonyl (C=O) groups excluding carboxylic acids is 1. The van der Waals surface area contributed by atoms with E-state index in [0.717, 1.165) is 18.2 Å². The summed E-state index contributed by atoms with van der Waals surface area (Å²) in [7, 11) is 0. The number of hydrogen-bond acceptors (Lipinski definition) is 2. The number of carbonyl (C=O) groups is 1. The van der Waals surface area contributed by atoms with E-state index < -0.39 is 23.4 Å². The molecule has 0 bridgehead atoms. The maximum atomic E-state index is 12.5. The van der Waals surface area contributed by atoms with E-state index in [9.17, 15) is 18.0 Å². The van der Waals surface area contributed by atoms with Gasteiger partial charge >= 0.3 is 12.3 Å². The van der Waals surface area contributed by atoms with Gasteiger partial charge in [0.1, 0.15) is 5.60 Å². The average molecular weight is 296 g/mol. The number of ether oxygens (including phenoxy) is 1. The summed E-state index contributed by atoms with van der Waals surface area (Å²) in [5.74, 6) is 0. The zero-order chi connectivity index (χ0) is 14.8. The molecule has 0 saturated heterocycles. The smallest absolute Gasteiger partial charge is 0.416 e. The number of alkyl halides is 3. The summed E-state index contributed by atoms with van der Waals surface area (Å²) in [5.41, 5.74) is -1.80. The predicted molar refractivity (Wildman–Crippen MR) is 66.3 cm³/mol. The average Bonchev–Trinajstić information content (AvgIpc) is 2.16. The van der Waals surface area contributed by atoms with Gasteiger partial charge in [-0.1, -0.05) is 11.6 Å². The monoisotopic (exact) mass is 295 g/mol. The van der Waals surface area contributed by atoms with Crippen molar-refractivity contribution < 1.29 is 22.7 Å². The molecular weight excluding hydrogens is 283 g/mol. The molecule has 0 unspecified atom stereocenters. The van der Waals surface area contributed by atoms with Crippen LogP contribution < -0.4 is 5.32 Å². The third-order valence-corrected chi connectivity index (χ3v) is 2.26. The van der Waals surface area contributed by atoms with Crippen LogP contribution >= 0.6 is 11.6 Å². The first-order valence-electron chi connectivity index (χ1n) is 5.36. The van der Waals surface area contributed by atoms with Crippen LogP contribution in [0, 0.1) is 0 Å². The lowest BCUT2D eigenvalue weighted by Gasteiger charge is -2.20. The van der Waals surface area contributed by atoms with Crippen molar-refractivity contribution in [2.75, 3.05) is 5.32 Å². The summed E-state index contributed by atoms with van der Waals surface area (Å²) in [6.07, 6.45) is -5.37. The van der Waals surface area contributed by atoms with Crippen molar-refractivity contribution in [3.63, 3.8) is 0 Å². The molecular formula is C12H13ClF3NO2. The summed E-state index contributed by atoms with van der Waals surface area (Å²) in [5, 5.41) is 2.19. The molecule has 0 aliphatic carbocycles. The Hall–Kier alpha value is -1.43. The van der Waals surface area contributed by atoms with Gasteiger partial charge < -0.3 is 4.74 Å². The van der Waals surface area contributed by atoms with Crippen LogP contribution in [-0.2, 0) is 10.9 Å². The summed E-state index contributed by atoms with van der Waals surface area (Å²) in [6, 6.07) is 2.66. The van der Waals surface area contributed by atoms with Crippen molar-refractivity contribution in [3.8, 4) is 0 Å². The van der Waals surface area contributed by atoms with Gasteiger partial charge in [-0.2, -0.15) is 13.2 Å². The summed E-state index contributed by atoms with van der Waals surface area (Å²) in [6.45, 7) is 4.92. The minimum Gasteiger partial charge on any atom is -0.444 e. The highest BCUT2D eigenvalue weighted by molar-refractivity contribution is 6.33. The molecule has 0 fully saturated rings. The molecule has 0 atom stereocenters. The first-order valence-corrected chi connectivity index (χ1v) is 5.73. The third-order valence-electron chi connectivity index (χ3n) is 1.93. The Balaban J connectivity index is 2.92.